The van der Waals surface area contributed by atoms with Gasteiger partial charge in [-0.05, 0) is 38.9 Å². The largest absolute Gasteiger partial charge is 0.374 e. The van der Waals surface area contributed by atoms with E-state index >= 15 is 0 Å². The monoisotopic (exact) mass is 1070 g/mol. The van der Waals surface area contributed by atoms with Crippen LogP contribution in [0.5, 0.6) is 0 Å². The first-order chi connectivity index (χ1) is 39.1. The van der Waals surface area contributed by atoms with Gasteiger partial charge < -0.3 is 56.8 Å². The Bertz CT molecular complexity index is 2800. The van der Waals surface area contributed by atoms with Gasteiger partial charge >= 0.3 is 0 Å². The molecule has 0 spiro atoms. The first kappa shape index (κ1) is 56.1. The average molecular weight is 1070 g/mol. The third-order valence-corrected chi connectivity index (χ3v) is 14.3. The van der Waals surface area contributed by atoms with E-state index in [2.05, 4.69) is 42.5 Å². The second kappa shape index (κ2) is 29.9. The summed E-state index contributed by atoms with van der Waals surface area (Å²) in [6, 6.07) is 70.7. The van der Waals surface area contributed by atoms with Crippen LogP contribution in [0.1, 0.15) is 45.4 Å². The van der Waals surface area contributed by atoms with E-state index < -0.39 is 67.5 Å². The minimum absolute atomic E-state index is 0.153. The molecule has 0 aromatic heterocycles. The molecule has 12 nitrogen and oxygen atoms in total. The predicted octanol–water partition coefficient (Wildman–Crippen LogP) is 11.5. The summed E-state index contributed by atoms with van der Waals surface area (Å²) >= 11 is 0. The summed E-state index contributed by atoms with van der Waals surface area (Å²) in [6.45, 7) is 2.66. The summed E-state index contributed by atoms with van der Waals surface area (Å²) in [5.41, 5.74) is 7.14. The Morgan fingerprint density at radius 1 is 0.291 bits per heavy atom. The second-order valence-electron chi connectivity index (χ2n) is 20.1. The molecule has 412 valence electrons. The summed E-state index contributed by atoms with van der Waals surface area (Å²) in [7, 11) is 1.64. The molecule has 7 aromatic carbocycles. The Morgan fingerprint density at radius 2 is 0.608 bits per heavy atom. The van der Waals surface area contributed by atoms with E-state index in [-0.39, 0.29) is 25.9 Å². The fraction of sp³-hybridized carbons (Fsp3) is 0.343. The highest BCUT2D eigenvalue weighted by molar-refractivity contribution is 5.19. The summed E-state index contributed by atoms with van der Waals surface area (Å²) in [6.07, 6.45) is -2.86. The van der Waals surface area contributed by atoms with Crippen molar-refractivity contribution in [3.8, 4) is 0 Å². The molecule has 10 rings (SSSR count). The van der Waals surface area contributed by atoms with Crippen molar-refractivity contribution in [1.29, 1.82) is 0 Å². The number of hydrogen-bond donors (Lipinski definition) is 0. The van der Waals surface area contributed by atoms with Crippen LogP contribution in [-0.4, -0.2) is 93.9 Å². The number of methoxy groups -OCH3 is 1. The van der Waals surface area contributed by atoms with Crippen molar-refractivity contribution in [2.24, 2.45) is 0 Å². The van der Waals surface area contributed by atoms with Crippen LogP contribution in [0, 0.1) is 0 Å². The Morgan fingerprint density at radius 3 is 1.00 bits per heavy atom. The fourth-order valence-corrected chi connectivity index (χ4v) is 10.2. The molecular formula is C67H72O12. The zero-order valence-electron chi connectivity index (χ0n) is 44.8. The predicted molar refractivity (Wildman–Crippen MR) is 299 cm³/mol. The molecule has 3 heterocycles. The van der Waals surface area contributed by atoms with Crippen LogP contribution in [0.2, 0.25) is 0 Å². The Balaban J connectivity index is 0.883. The topological polar surface area (TPSA) is 111 Å². The SMILES string of the molecule is CO[C@H]1O[C@H](C[C@H]2C=C[C@H](CO[C@@H]3O[C@H](COCc4ccccc4)[C@@H](OCc4ccccc4)[C@H](OCc4ccccc4)[C@H]3OCc3ccccc3)O2)[C@@H](OCc2ccccc2)[C@H](OCc2ccccc2)[C@H]1OCc1ccccc1. The van der Waals surface area contributed by atoms with E-state index in [0.29, 0.717) is 46.1 Å². The van der Waals surface area contributed by atoms with Gasteiger partial charge in [0.05, 0.1) is 77.8 Å². The molecule has 0 N–H and O–H groups in total. The lowest BCUT2D eigenvalue weighted by molar-refractivity contribution is -0.331. The van der Waals surface area contributed by atoms with Crippen molar-refractivity contribution < 1.29 is 56.8 Å². The molecule has 3 aliphatic heterocycles. The standard InChI is InChI=1S/C67H72O12/c1-68-66-64(74-45-54-33-19-7-20-34-54)62(72-43-52-29-15-5-16-30-52)60(70-41-50-25-11-3-12-26-50)58(78-66)39-56-37-38-57(77-56)47-76-67-65(75-46-55-35-21-8-22-36-55)63(73-44-53-31-17-6-18-32-53)61(71-42-51-27-13-4-14-28-51)59(79-67)48-69-40-49-23-9-2-10-24-49/h2-38,56-67H,39-48H2,1H3/t56-,57-,58-,59-,60-,61-,62+,63+,64-,65-,66+,67-/m1/s1. The third kappa shape index (κ3) is 16.5. The number of hydrogen-bond acceptors (Lipinski definition) is 12. The van der Waals surface area contributed by atoms with Crippen molar-refractivity contribution in [3.63, 3.8) is 0 Å². The normalized spacial score (nSPS) is 25.8. The molecule has 12 atom stereocenters. The number of benzene rings is 7. The van der Waals surface area contributed by atoms with Crippen LogP contribution in [0.15, 0.2) is 224 Å². The lowest BCUT2D eigenvalue weighted by atomic mass is 9.94. The van der Waals surface area contributed by atoms with Crippen LogP contribution >= 0.6 is 0 Å². The molecule has 79 heavy (non-hydrogen) atoms. The quantitative estimate of drug-likeness (QED) is 0.0436. The first-order valence-corrected chi connectivity index (χ1v) is 27.5. The number of rotatable bonds is 28. The van der Waals surface area contributed by atoms with E-state index in [0.717, 1.165) is 38.9 Å². The first-order valence-electron chi connectivity index (χ1n) is 27.5. The molecule has 0 amide bonds. The molecule has 0 saturated carbocycles. The highest BCUT2D eigenvalue weighted by Gasteiger charge is 2.51. The van der Waals surface area contributed by atoms with Crippen LogP contribution in [0.25, 0.3) is 0 Å². The molecule has 3 aliphatic rings. The summed E-state index contributed by atoms with van der Waals surface area (Å²) in [5.74, 6) is 0. The molecule has 12 heteroatoms. The molecule has 2 fully saturated rings. The van der Waals surface area contributed by atoms with Gasteiger partial charge in [0.1, 0.15) is 42.7 Å². The van der Waals surface area contributed by atoms with Gasteiger partial charge in [-0.25, -0.2) is 0 Å². The third-order valence-electron chi connectivity index (χ3n) is 14.3. The van der Waals surface area contributed by atoms with Crippen molar-refractivity contribution in [3.05, 3.63) is 263 Å². The lowest BCUT2D eigenvalue weighted by Crippen LogP contribution is -2.62. The van der Waals surface area contributed by atoms with E-state index in [9.17, 15) is 0 Å². The van der Waals surface area contributed by atoms with Gasteiger partial charge in [0, 0.05) is 13.5 Å². The molecule has 7 aromatic rings. The number of ether oxygens (including phenoxy) is 12. The van der Waals surface area contributed by atoms with Gasteiger partial charge in [0.15, 0.2) is 12.6 Å². The summed E-state index contributed by atoms with van der Waals surface area (Å²) in [4.78, 5) is 0. The van der Waals surface area contributed by atoms with E-state index in [4.69, 9.17) is 56.8 Å². The molecule has 0 unspecified atom stereocenters. The lowest BCUT2D eigenvalue weighted by Gasteiger charge is -2.46. The maximum absolute atomic E-state index is 7.01. The van der Waals surface area contributed by atoms with E-state index in [1.165, 1.54) is 0 Å². The van der Waals surface area contributed by atoms with Crippen LogP contribution < -0.4 is 0 Å². The van der Waals surface area contributed by atoms with Crippen LogP contribution in [0.4, 0.5) is 0 Å². The Kier molecular flexibility index (Phi) is 21.2. The highest BCUT2D eigenvalue weighted by Crippen LogP contribution is 2.36. The zero-order chi connectivity index (χ0) is 53.7. The van der Waals surface area contributed by atoms with Gasteiger partial charge in [-0.2, -0.15) is 0 Å². The van der Waals surface area contributed by atoms with Crippen molar-refractivity contribution >= 4 is 0 Å². The van der Waals surface area contributed by atoms with E-state index in [1.54, 1.807) is 7.11 Å². The van der Waals surface area contributed by atoms with Gasteiger partial charge in [-0.15, -0.1) is 0 Å². The zero-order valence-corrected chi connectivity index (χ0v) is 44.8. The minimum Gasteiger partial charge on any atom is -0.374 e. The van der Waals surface area contributed by atoms with Crippen LogP contribution in [0.3, 0.4) is 0 Å². The van der Waals surface area contributed by atoms with Gasteiger partial charge in [-0.3, -0.25) is 0 Å². The molecule has 0 bridgehead atoms. The fourth-order valence-electron chi connectivity index (χ4n) is 10.2. The minimum atomic E-state index is -0.905. The maximum Gasteiger partial charge on any atom is 0.187 e. The Hall–Kier alpha value is -6.20. The maximum atomic E-state index is 7.01. The van der Waals surface area contributed by atoms with Gasteiger partial charge in [-0.1, -0.05) is 224 Å². The second-order valence-corrected chi connectivity index (χ2v) is 20.1. The molecule has 0 aliphatic carbocycles. The van der Waals surface area contributed by atoms with Crippen molar-refractivity contribution in [1.82, 2.24) is 0 Å². The smallest absolute Gasteiger partial charge is 0.187 e. The van der Waals surface area contributed by atoms with Crippen molar-refractivity contribution in [2.45, 2.75) is 126 Å². The molecule has 0 radical (unpaired) electrons. The van der Waals surface area contributed by atoms with E-state index in [1.807, 2.05) is 182 Å². The summed E-state index contributed by atoms with van der Waals surface area (Å²) in [5, 5.41) is 0. The molecule has 2 saturated heterocycles. The van der Waals surface area contributed by atoms with Crippen LogP contribution in [-0.2, 0) is 103 Å². The van der Waals surface area contributed by atoms with Gasteiger partial charge in [0.25, 0.3) is 0 Å². The van der Waals surface area contributed by atoms with Crippen molar-refractivity contribution in [2.75, 3.05) is 20.3 Å². The van der Waals surface area contributed by atoms with Gasteiger partial charge in [0.2, 0.25) is 0 Å². The highest BCUT2D eigenvalue weighted by atomic mass is 16.7. The average Bonchev–Trinajstić information content (AvgIpc) is 3.97. The molecular weight excluding hydrogens is 997 g/mol. The summed E-state index contributed by atoms with van der Waals surface area (Å²) < 4.78 is 81.4. The Labute approximate surface area is 465 Å².